The molecule has 3 rings (SSSR count). The molecule has 1 aliphatic heterocycles. The highest BCUT2D eigenvalue weighted by Gasteiger charge is 2.55. The van der Waals surface area contributed by atoms with Crippen LogP contribution in [0.1, 0.15) is 58.4 Å². The van der Waals surface area contributed by atoms with Crippen LogP contribution in [0.15, 0.2) is 30.3 Å². The van der Waals surface area contributed by atoms with E-state index in [0.29, 0.717) is 5.92 Å². The molecule has 2 fully saturated rings. The van der Waals surface area contributed by atoms with Crippen LogP contribution < -0.4 is 0 Å². The van der Waals surface area contributed by atoms with E-state index < -0.39 is 5.60 Å². The van der Waals surface area contributed by atoms with Crippen molar-refractivity contribution in [2.24, 2.45) is 17.3 Å². The summed E-state index contributed by atoms with van der Waals surface area (Å²) in [4.78, 5) is 2.64. The number of rotatable bonds is 5. The van der Waals surface area contributed by atoms with Gasteiger partial charge in [0.2, 0.25) is 0 Å². The largest absolute Gasteiger partial charge is 0.385 e. The van der Waals surface area contributed by atoms with Crippen LogP contribution >= 0.6 is 0 Å². The lowest BCUT2D eigenvalue weighted by Gasteiger charge is -2.58. The maximum Gasteiger partial charge on any atom is 0.0901 e. The molecule has 2 heteroatoms. The zero-order valence-corrected chi connectivity index (χ0v) is 15.1. The average Bonchev–Trinajstić information content (AvgIpc) is 2.55. The summed E-state index contributed by atoms with van der Waals surface area (Å²) >= 11 is 0. The monoisotopic (exact) mass is 315 g/mol. The van der Waals surface area contributed by atoms with Gasteiger partial charge in [0.15, 0.2) is 0 Å². The van der Waals surface area contributed by atoms with Gasteiger partial charge in [-0.1, -0.05) is 50.6 Å². The molecule has 0 aromatic heterocycles. The van der Waals surface area contributed by atoms with Crippen molar-refractivity contribution in [3.8, 4) is 0 Å². The van der Waals surface area contributed by atoms with Crippen molar-refractivity contribution in [1.29, 1.82) is 0 Å². The maximum atomic E-state index is 11.2. The fourth-order valence-electron chi connectivity index (χ4n) is 4.96. The minimum absolute atomic E-state index is 0.217. The molecule has 128 valence electrons. The number of benzene rings is 1. The van der Waals surface area contributed by atoms with Gasteiger partial charge in [-0.15, -0.1) is 0 Å². The van der Waals surface area contributed by atoms with Crippen LogP contribution in [0.5, 0.6) is 0 Å². The van der Waals surface area contributed by atoms with E-state index in [-0.39, 0.29) is 5.41 Å². The van der Waals surface area contributed by atoms with E-state index in [4.69, 9.17) is 0 Å². The lowest BCUT2D eigenvalue weighted by Crippen LogP contribution is -2.55. The Morgan fingerprint density at radius 1 is 1.13 bits per heavy atom. The van der Waals surface area contributed by atoms with E-state index in [9.17, 15) is 5.11 Å². The Hall–Kier alpha value is -0.860. The third-order valence-electron chi connectivity index (χ3n) is 6.75. The molecular weight excluding hydrogens is 282 g/mol. The van der Waals surface area contributed by atoms with Gasteiger partial charge in [0.05, 0.1) is 5.60 Å². The molecule has 1 saturated carbocycles. The fourth-order valence-corrected chi connectivity index (χ4v) is 4.96. The van der Waals surface area contributed by atoms with Gasteiger partial charge in [-0.3, -0.25) is 0 Å². The Kier molecular flexibility index (Phi) is 4.85. The van der Waals surface area contributed by atoms with Gasteiger partial charge in [-0.05, 0) is 75.1 Å². The fraction of sp³-hybridized carbons (Fsp3) is 0.714. The van der Waals surface area contributed by atoms with E-state index in [1.807, 2.05) is 25.1 Å². The van der Waals surface area contributed by atoms with Gasteiger partial charge in [-0.2, -0.15) is 0 Å². The molecule has 1 aromatic rings. The zero-order valence-electron chi connectivity index (χ0n) is 15.1. The second kappa shape index (κ2) is 6.57. The van der Waals surface area contributed by atoms with E-state index in [2.05, 4.69) is 30.9 Å². The molecule has 1 heterocycles. The van der Waals surface area contributed by atoms with Crippen LogP contribution in [0.3, 0.4) is 0 Å². The highest BCUT2D eigenvalue weighted by Crippen LogP contribution is 2.59. The summed E-state index contributed by atoms with van der Waals surface area (Å²) in [7, 11) is 0. The van der Waals surface area contributed by atoms with E-state index in [1.54, 1.807) is 0 Å². The maximum absolute atomic E-state index is 11.2. The summed E-state index contributed by atoms with van der Waals surface area (Å²) < 4.78 is 0. The highest BCUT2D eigenvalue weighted by molar-refractivity contribution is 5.25. The lowest BCUT2D eigenvalue weighted by atomic mass is 9.48. The van der Waals surface area contributed by atoms with E-state index >= 15 is 0 Å². The van der Waals surface area contributed by atoms with E-state index in [0.717, 1.165) is 17.9 Å². The third-order valence-corrected chi connectivity index (χ3v) is 6.75. The van der Waals surface area contributed by atoms with Gasteiger partial charge in [0.25, 0.3) is 0 Å². The quantitative estimate of drug-likeness (QED) is 0.868. The van der Waals surface area contributed by atoms with Crippen molar-refractivity contribution in [1.82, 2.24) is 4.90 Å². The number of aliphatic hydroxyl groups is 1. The molecule has 23 heavy (non-hydrogen) atoms. The normalized spacial score (nSPS) is 30.4. The first-order valence-electron chi connectivity index (χ1n) is 9.42. The number of hydrogen-bond donors (Lipinski definition) is 1. The van der Waals surface area contributed by atoms with Crippen LogP contribution in [-0.4, -0.2) is 29.6 Å². The lowest BCUT2D eigenvalue weighted by molar-refractivity contribution is -0.155. The minimum atomic E-state index is -0.716. The first-order chi connectivity index (χ1) is 10.9. The summed E-state index contributed by atoms with van der Waals surface area (Å²) in [5, 5.41) is 11.2. The van der Waals surface area contributed by atoms with Crippen LogP contribution in [0.4, 0.5) is 0 Å². The summed E-state index contributed by atoms with van der Waals surface area (Å²) in [5.41, 5.74) is 0.564. The smallest absolute Gasteiger partial charge is 0.0901 e. The molecule has 0 bridgehead atoms. The minimum Gasteiger partial charge on any atom is -0.385 e. The topological polar surface area (TPSA) is 23.5 Å². The van der Waals surface area contributed by atoms with Crippen LogP contribution in [0.2, 0.25) is 0 Å². The second-order valence-electron chi connectivity index (χ2n) is 8.51. The molecule has 1 saturated heterocycles. The summed E-state index contributed by atoms with van der Waals surface area (Å²) in [6.45, 7) is 10.6. The van der Waals surface area contributed by atoms with Gasteiger partial charge >= 0.3 is 0 Å². The van der Waals surface area contributed by atoms with Crippen molar-refractivity contribution in [2.45, 2.75) is 58.5 Å². The van der Waals surface area contributed by atoms with Crippen LogP contribution in [0, 0.1) is 17.3 Å². The standard InChI is InChI=1S/C21H33NO/c1-20(2)18(12-15-22-13-8-5-9-14-22)16-19(20)21(3,23)17-10-6-4-7-11-17/h4,6-7,10-11,18-19,23H,5,8-9,12-16H2,1-3H3/t18-,19?,21?/m0/s1. The molecule has 0 amide bonds. The van der Waals surface area contributed by atoms with Crippen molar-refractivity contribution in [3.63, 3.8) is 0 Å². The molecule has 3 atom stereocenters. The Morgan fingerprint density at radius 3 is 2.39 bits per heavy atom. The number of nitrogens with zero attached hydrogens (tertiary/aromatic N) is 1. The molecule has 2 unspecified atom stereocenters. The van der Waals surface area contributed by atoms with Crippen molar-refractivity contribution >= 4 is 0 Å². The third kappa shape index (κ3) is 3.34. The predicted octanol–water partition coefficient (Wildman–Crippen LogP) is 4.43. The summed E-state index contributed by atoms with van der Waals surface area (Å²) in [5.74, 6) is 1.09. The SMILES string of the molecule is CC(O)(c1ccccc1)C1C[C@H](CCN2CCCCC2)C1(C)C. The second-order valence-corrected chi connectivity index (χ2v) is 8.51. The van der Waals surface area contributed by atoms with E-state index in [1.165, 1.54) is 45.3 Å². The number of likely N-dealkylation sites (tertiary alicyclic amines) is 1. The van der Waals surface area contributed by atoms with Crippen molar-refractivity contribution < 1.29 is 5.11 Å². The first kappa shape index (κ1) is 17.0. The molecule has 1 aromatic carbocycles. The van der Waals surface area contributed by atoms with Gasteiger partial charge < -0.3 is 10.0 Å². The van der Waals surface area contributed by atoms with Crippen molar-refractivity contribution in [3.05, 3.63) is 35.9 Å². The average molecular weight is 316 g/mol. The Morgan fingerprint density at radius 2 is 1.78 bits per heavy atom. The molecule has 1 aliphatic carbocycles. The predicted molar refractivity (Wildman–Crippen MR) is 96.3 cm³/mol. The highest BCUT2D eigenvalue weighted by atomic mass is 16.3. The number of piperidine rings is 1. The molecule has 2 aliphatic rings. The molecule has 1 N–H and O–H groups in total. The summed E-state index contributed by atoms with van der Waals surface area (Å²) in [6.07, 6.45) is 6.60. The van der Waals surface area contributed by atoms with Gasteiger partial charge in [-0.25, -0.2) is 0 Å². The number of hydrogen-bond acceptors (Lipinski definition) is 2. The molecule has 2 nitrogen and oxygen atoms in total. The zero-order chi connectivity index (χ0) is 16.5. The molecule has 0 spiro atoms. The Balaban J connectivity index is 1.59. The first-order valence-corrected chi connectivity index (χ1v) is 9.42. The summed E-state index contributed by atoms with van der Waals surface area (Å²) in [6, 6.07) is 10.2. The van der Waals surface area contributed by atoms with Gasteiger partial charge in [0.1, 0.15) is 0 Å². The van der Waals surface area contributed by atoms with Crippen LogP contribution in [0.25, 0.3) is 0 Å². The Labute approximate surface area is 141 Å². The Bertz CT molecular complexity index is 502. The van der Waals surface area contributed by atoms with Gasteiger partial charge in [0, 0.05) is 0 Å². The van der Waals surface area contributed by atoms with Crippen molar-refractivity contribution in [2.75, 3.05) is 19.6 Å². The molecular formula is C21H33NO. The van der Waals surface area contributed by atoms with Crippen LogP contribution in [-0.2, 0) is 5.60 Å². The molecule has 0 radical (unpaired) electrons.